The molecule has 20 heavy (non-hydrogen) atoms. The van der Waals surface area contributed by atoms with Crippen LogP contribution in [0.5, 0.6) is 5.75 Å². The second-order valence-electron chi connectivity index (χ2n) is 4.59. The quantitative estimate of drug-likeness (QED) is 0.916. The largest absolute Gasteiger partial charge is 0.495 e. The third-order valence-electron chi connectivity index (χ3n) is 2.91. The first-order valence-corrected chi connectivity index (χ1v) is 6.68. The van der Waals surface area contributed by atoms with E-state index in [2.05, 4.69) is 10.3 Å². The highest BCUT2D eigenvalue weighted by Crippen LogP contribution is 2.26. The molecule has 0 spiro atoms. The van der Waals surface area contributed by atoms with Crippen molar-refractivity contribution in [2.24, 2.45) is 0 Å². The summed E-state index contributed by atoms with van der Waals surface area (Å²) in [6, 6.07) is 9.68. The molecule has 0 aliphatic carbocycles. The maximum absolute atomic E-state index is 6.12. The Morgan fingerprint density at radius 2 is 2.10 bits per heavy atom. The van der Waals surface area contributed by atoms with Gasteiger partial charge in [-0.1, -0.05) is 17.7 Å². The number of nitrogens with zero attached hydrogens (tertiary/aromatic N) is 2. The lowest BCUT2D eigenvalue weighted by molar-refractivity contribution is 0.415. The molecule has 1 heterocycles. The predicted molar refractivity (Wildman–Crippen MR) is 83.9 cm³/mol. The van der Waals surface area contributed by atoms with E-state index in [1.165, 1.54) is 0 Å². The van der Waals surface area contributed by atoms with Crippen LogP contribution in [-0.2, 0) is 6.54 Å². The Balaban J connectivity index is 2.11. The summed E-state index contributed by atoms with van der Waals surface area (Å²) in [7, 11) is 5.55. The van der Waals surface area contributed by atoms with Crippen LogP contribution in [0.2, 0.25) is 5.02 Å². The van der Waals surface area contributed by atoms with Gasteiger partial charge in [-0.15, -0.1) is 0 Å². The molecule has 0 aliphatic rings. The van der Waals surface area contributed by atoms with Gasteiger partial charge in [0.15, 0.2) is 5.82 Å². The lowest BCUT2D eigenvalue weighted by atomic mass is 10.2. The molecular formula is C15H18ClN3O. The molecule has 1 aromatic carbocycles. The fraction of sp³-hybridized carbons (Fsp3) is 0.267. The number of halogens is 1. The number of benzene rings is 1. The summed E-state index contributed by atoms with van der Waals surface area (Å²) >= 11 is 6.12. The molecule has 0 amide bonds. The van der Waals surface area contributed by atoms with E-state index < -0.39 is 0 Å². The van der Waals surface area contributed by atoms with Crippen LogP contribution in [0.4, 0.5) is 11.5 Å². The number of hydrogen-bond donors (Lipinski definition) is 1. The minimum Gasteiger partial charge on any atom is -0.495 e. The summed E-state index contributed by atoms with van der Waals surface area (Å²) in [6.45, 7) is 0.677. The zero-order chi connectivity index (χ0) is 14.5. The first-order chi connectivity index (χ1) is 9.61. The van der Waals surface area contributed by atoms with Crippen molar-refractivity contribution in [1.82, 2.24) is 4.98 Å². The van der Waals surface area contributed by atoms with E-state index in [0.717, 1.165) is 17.1 Å². The molecule has 1 aromatic heterocycles. The maximum Gasteiger partial charge on any atom is 0.151 e. The van der Waals surface area contributed by atoms with Crippen molar-refractivity contribution in [3.8, 4) is 5.75 Å². The second-order valence-corrected chi connectivity index (χ2v) is 5.00. The normalized spacial score (nSPS) is 10.2. The van der Waals surface area contributed by atoms with Crippen molar-refractivity contribution in [2.75, 3.05) is 31.4 Å². The summed E-state index contributed by atoms with van der Waals surface area (Å²) in [5.74, 6) is 1.60. The van der Waals surface area contributed by atoms with Gasteiger partial charge in [-0.3, -0.25) is 0 Å². The number of pyridine rings is 1. The van der Waals surface area contributed by atoms with Crippen molar-refractivity contribution in [1.29, 1.82) is 0 Å². The maximum atomic E-state index is 6.12. The van der Waals surface area contributed by atoms with E-state index in [9.17, 15) is 0 Å². The zero-order valence-electron chi connectivity index (χ0n) is 11.9. The van der Waals surface area contributed by atoms with Gasteiger partial charge in [0.25, 0.3) is 0 Å². The number of aromatic nitrogens is 1. The standard InChI is InChI=1S/C15H18ClN3O/c1-19(2)15-13(5-4-8-17-15)18-10-11-6-7-14(20-3)12(16)9-11/h4-9,18H,10H2,1-3H3. The van der Waals surface area contributed by atoms with Gasteiger partial charge in [-0.25, -0.2) is 4.98 Å². The lowest BCUT2D eigenvalue weighted by Crippen LogP contribution is -2.13. The minimum atomic E-state index is 0.616. The Morgan fingerprint density at radius 1 is 1.30 bits per heavy atom. The topological polar surface area (TPSA) is 37.4 Å². The number of hydrogen-bond acceptors (Lipinski definition) is 4. The van der Waals surface area contributed by atoms with Crippen LogP contribution >= 0.6 is 11.6 Å². The van der Waals surface area contributed by atoms with Crippen molar-refractivity contribution in [2.45, 2.75) is 6.54 Å². The molecule has 0 saturated heterocycles. The van der Waals surface area contributed by atoms with Crippen molar-refractivity contribution >= 4 is 23.1 Å². The smallest absolute Gasteiger partial charge is 0.151 e. The van der Waals surface area contributed by atoms with E-state index in [0.29, 0.717) is 17.3 Å². The molecule has 4 nitrogen and oxygen atoms in total. The molecule has 106 valence electrons. The van der Waals surface area contributed by atoms with Crippen LogP contribution in [0.25, 0.3) is 0 Å². The van der Waals surface area contributed by atoms with Crippen molar-refractivity contribution in [3.05, 3.63) is 47.1 Å². The highest BCUT2D eigenvalue weighted by atomic mass is 35.5. The molecule has 0 aliphatic heterocycles. The zero-order valence-corrected chi connectivity index (χ0v) is 12.6. The molecule has 0 unspecified atom stereocenters. The van der Waals surface area contributed by atoms with Crippen molar-refractivity contribution in [3.63, 3.8) is 0 Å². The summed E-state index contributed by atoms with van der Waals surface area (Å²) in [5, 5.41) is 3.99. The van der Waals surface area contributed by atoms with E-state index in [1.54, 1.807) is 13.3 Å². The highest BCUT2D eigenvalue weighted by molar-refractivity contribution is 6.32. The van der Waals surface area contributed by atoms with Gasteiger partial charge in [0.05, 0.1) is 17.8 Å². The third kappa shape index (κ3) is 3.33. The summed E-state index contributed by atoms with van der Waals surface area (Å²) in [4.78, 5) is 6.33. The monoisotopic (exact) mass is 291 g/mol. The molecule has 1 N–H and O–H groups in total. The van der Waals surface area contributed by atoms with Gasteiger partial charge in [-0.2, -0.15) is 0 Å². The van der Waals surface area contributed by atoms with Crippen LogP contribution in [0.1, 0.15) is 5.56 Å². The average Bonchev–Trinajstić information content (AvgIpc) is 2.45. The fourth-order valence-corrected chi connectivity index (χ4v) is 2.19. The number of rotatable bonds is 5. The van der Waals surface area contributed by atoms with Crippen molar-refractivity contribution < 1.29 is 4.74 Å². The van der Waals surface area contributed by atoms with E-state index in [4.69, 9.17) is 16.3 Å². The SMILES string of the molecule is COc1ccc(CNc2cccnc2N(C)C)cc1Cl. The van der Waals surface area contributed by atoms with E-state index >= 15 is 0 Å². The van der Waals surface area contributed by atoms with Gasteiger partial charge >= 0.3 is 0 Å². The van der Waals surface area contributed by atoms with Gasteiger partial charge in [0, 0.05) is 26.8 Å². The molecule has 5 heteroatoms. The molecular weight excluding hydrogens is 274 g/mol. The van der Waals surface area contributed by atoms with Gasteiger partial charge in [0.1, 0.15) is 5.75 Å². The fourth-order valence-electron chi connectivity index (χ4n) is 1.91. The molecule has 0 radical (unpaired) electrons. The number of nitrogens with one attached hydrogen (secondary N) is 1. The van der Waals surface area contributed by atoms with Gasteiger partial charge in [-0.05, 0) is 29.8 Å². The number of ether oxygens (including phenoxy) is 1. The molecule has 0 bridgehead atoms. The lowest BCUT2D eigenvalue weighted by Gasteiger charge is -2.17. The number of methoxy groups -OCH3 is 1. The molecule has 2 aromatic rings. The first kappa shape index (κ1) is 14.5. The van der Waals surface area contributed by atoms with Crippen LogP contribution < -0.4 is 15.0 Å². The Kier molecular flexibility index (Phi) is 4.69. The van der Waals surface area contributed by atoms with Crippen LogP contribution in [0.3, 0.4) is 0 Å². The molecule has 0 fully saturated rings. The van der Waals surface area contributed by atoms with Crippen LogP contribution in [0, 0.1) is 0 Å². The van der Waals surface area contributed by atoms with Gasteiger partial charge < -0.3 is 15.0 Å². The van der Waals surface area contributed by atoms with Crippen LogP contribution in [0.15, 0.2) is 36.5 Å². The first-order valence-electron chi connectivity index (χ1n) is 6.30. The highest BCUT2D eigenvalue weighted by Gasteiger charge is 2.06. The van der Waals surface area contributed by atoms with Gasteiger partial charge in [0.2, 0.25) is 0 Å². The minimum absolute atomic E-state index is 0.616. The predicted octanol–water partition coefficient (Wildman–Crippen LogP) is 3.42. The molecule has 0 atom stereocenters. The Bertz CT molecular complexity index is 587. The Morgan fingerprint density at radius 3 is 2.75 bits per heavy atom. The van der Waals surface area contributed by atoms with E-state index in [-0.39, 0.29) is 0 Å². The summed E-state index contributed by atoms with van der Waals surface area (Å²) in [5.41, 5.74) is 2.08. The summed E-state index contributed by atoms with van der Waals surface area (Å²) < 4.78 is 5.14. The second kappa shape index (κ2) is 6.48. The average molecular weight is 292 g/mol. The van der Waals surface area contributed by atoms with E-state index in [1.807, 2.05) is 49.3 Å². The molecule has 2 rings (SSSR count). The third-order valence-corrected chi connectivity index (χ3v) is 3.20. The Hall–Kier alpha value is -1.94. The number of anilines is 2. The Labute approximate surface area is 124 Å². The summed E-state index contributed by atoms with van der Waals surface area (Å²) in [6.07, 6.45) is 1.78. The van der Waals surface area contributed by atoms with Crippen LogP contribution in [-0.4, -0.2) is 26.2 Å². The molecule has 0 saturated carbocycles.